The molecule has 23 heavy (non-hydrogen) atoms. The first-order chi connectivity index (χ1) is 11.0. The molecule has 2 N–H and O–H groups in total. The summed E-state index contributed by atoms with van der Waals surface area (Å²) in [6.07, 6.45) is 0.961. The van der Waals surface area contributed by atoms with Gasteiger partial charge in [0, 0.05) is 30.7 Å². The van der Waals surface area contributed by atoms with Gasteiger partial charge in [-0.25, -0.2) is 0 Å². The number of rotatable bonds is 4. The van der Waals surface area contributed by atoms with Crippen LogP contribution < -0.4 is 0 Å². The maximum Gasteiger partial charge on any atom is 0.0845 e. The van der Waals surface area contributed by atoms with E-state index in [0.29, 0.717) is 13.1 Å². The highest BCUT2D eigenvalue weighted by atomic mass is 35.5. The quantitative estimate of drug-likeness (QED) is 0.902. The minimum Gasteiger partial charge on any atom is -0.393 e. The number of aryl methyl sites for hydroxylation is 1. The maximum absolute atomic E-state index is 10.5. The third-order valence-electron chi connectivity index (χ3n) is 5.03. The molecular formula is C18H25ClN2O2. The van der Waals surface area contributed by atoms with Gasteiger partial charge in [-0.3, -0.25) is 0 Å². The van der Waals surface area contributed by atoms with E-state index >= 15 is 0 Å². The average molecular weight is 337 g/mol. The summed E-state index contributed by atoms with van der Waals surface area (Å²) in [5, 5.41) is 22.0. The van der Waals surface area contributed by atoms with E-state index in [4.69, 9.17) is 11.6 Å². The van der Waals surface area contributed by atoms with Crippen LogP contribution in [0.3, 0.4) is 0 Å². The van der Waals surface area contributed by atoms with E-state index in [1.807, 2.05) is 12.1 Å². The fourth-order valence-corrected chi connectivity index (χ4v) is 3.83. The number of aliphatic hydroxyl groups is 2. The molecule has 0 bridgehead atoms. The standard InChI is InChI=1S/C18H25ClN2O2/c1-12-13(2)21(18-16(12)4-3-5-17(18)19)11-15(23)10-20-8-6-14(22)7-9-20/h3-5,14-15,22-23H,6-11H2,1-2H3/t15-/m0/s1. The first-order valence-electron chi connectivity index (χ1n) is 8.29. The molecule has 1 aromatic heterocycles. The summed E-state index contributed by atoms with van der Waals surface area (Å²) in [4.78, 5) is 2.23. The number of aromatic nitrogens is 1. The van der Waals surface area contributed by atoms with Crippen LogP contribution in [0.2, 0.25) is 5.02 Å². The number of benzene rings is 1. The van der Waals surface area contributed by atoms with Gasteiger partial charge in [-0.2, -0.15) is 0 Å². The van der Waals surface area contributed by atoms with Gasteiger partial charge < -0.3 is 19.7 Å². The molecule has 1 aromatic carbocycles. The normalized spacial score (nSPS) is 18.7. The van der Waals surface area contributed by atoms with Gasteiger partial charge in [-0.15, -0.1) is 0 Å². The van der Waals surface area contributed by atoms with Crippen LogP contribution in [0.25, 0.3) is 10.9 Å². The summed E-state index contributed by atoms with van der Waals surface area (Å²) in [5.74, 6) is 0. The summed E-state index contributed by atoms with van der Waals surface area (Å²) in [7, 11) is 0. The Balaban J connectivity index is 1.77. The molecule has 1 fully saturated rings. The molecule has 0 radical (unpaired) electrons. The molecule has 0 aliphatic carbocycles. The van der Waals surface area contributed by atoms with Gasteiger partial charge in [0.05, 0.1) is 29.3 Å². The molecule has 0 amide bonds. The number of hydrogen-bond donors (Lipinski definition) is 2. The Morgan fingerprint density at radius 2 is 1.91 bits per heavy atom. The fourth-order valence-electron chi connectivity index (χ4n) is 3.55. The minimum absolute atomic E-state index is 0.180. The monoisotopic (exact) mass is 336 g/mol. The lowest BCUT2D eigenvalue weighted by molar-refractivity contribution is 0.0461. The van der Waals surface area contributed by atoms with Crippen LogP contribution in [0.4, 0.5) is 0 Å². The summed E-state index contributed by atoms with van der Waals surface area (Å²) < 4.78 is 2.14. The zero-order valence-corrected chi connectivity index (χ0v) is 14.6. The third-order valence-corrected chi connectivity index (χ3v) is 5.33. The van der Waals surface area contributed by atoms with Crippen LogP contribution in [0.1, 0.15) is 24.1 Å². The van der Waals surface area contributed by atoms with Crippen molar-refractivity contribution in [2.24, 2.45) is 0 Å². The zero-order valence-electron chi connectivity index (χ0n) is 13.8. The Morgan fingerprint density at radius 3 is 2.61 bits per heavy atom. The Bertz CT molecular complexity index is 690. The second kappa shape index (κ2) is 6.81. The van der Waals surface area contributed by atoms with Crippen LogP contribution in [0.15, 0.2) is 18.2 Å². The molecule has 5 heteroatoms. The number of β-amino-alcohol motifs (C(OH)–C–C–N with tert-alkyl or cyclic N) is 1. The number of para-hydroxylation sites is 1. The maximum atomic E-state index is 10.5. The van der Waals surface area contributed by atoms with Crippen LogP contribution in [-0.4, -0.2) is 51.5 Å². The van der Waals surface area contributed by atoms with Gasteiger partial charge in [-0.05, 0) is 38.3 Å². The van der Waals surface area contributed by atoms with Gasteiger partial charge >= 0.3 is 0 Å². The first-order valence-corrected chi connectivity index (χ1v) is 8.67. The van der Waals surface area contributed by atoms with Crippen molar-refractivity contribution in [3.05, 3.63) is 34.5 Å². The largest absolute Gasteiger partial charge is 0.393 e. The lowest BCUT2D eigenvalue weighted by Gasteiger charge is -2.31. The molecule has 4 nitrogen and oxygen atoms in total. The highest BCUT2D eigenvalue weighted by molar-refractivity contribution is 6.35. The van der Waals surface area contributed by atoms with E-state index in [1.165, 1.54) is 5.56 Å². The van der Waals surface area contributed by atoms with E-state index in [9.17, 15) is 10.2 Å². The molecule has 1 aliphatic heterocycles. The zero-order chi connectivity index (χ0) is 16.6. The van der Waals surface area contributed by atoms with E-state index in [1.54, 1.807) is 0 Å². The van der Waals surface area contributed by atoms with E-state index in [-0.39, 0.29) is 6.10 Å². The molecule has 0 unspecified atom stereocenters. The smallest absolute Gasteiger partial charge is 0.0845 e. The highest BCUT2D eigenvalue weighted by Gasteiger charge is 2.21. The number of hydrogen-bond acceptors (Lipinski definition) is 3. The summed E-state index contributed by atoms with van der Waals surface area (Å²) in [6.45, 7) is 7.06. The van der Waals surface area contributed by atoms with E-state index in [0.717, 1.165) is 47.6 Å². The number of nitrogens with zero attached hydrogens (tertiary/aromatic N) is 2. The van der Waals surface area contributed by atoms with Crippen LogP contribution in [-0.2, 0) is 6.54 Å². The van der Waals surface area contributed by atoms with Gasteiger partial charge in [-0.1, -0.05) is 23.7 Å². The number of piperidine rings is 1. The van der Waals surface area contributed by atoms with Crippen molar-refractivity contribution in [2.45, 2.75) is 45.4 Å². The summed E-state index contributed by atoms with van der Waals surface area (Å²) >= 11 is 6.40. The predicted molar refractivity (Wildman–Crippen MR) is 94.1 cm³/mol. The van der Waals surface area contributed by atoms with E-state index < -0.39 is 6.10 Å². The molecule has 1 aliphatic rings. The molecule has 2 heterocycles. The van der Waals surface area contributed by atoms with Crippen molar-refractivity contribution in [1.29, 1.82) is 0 Å². The molecule has 126 valence electrons. The second-order valence-electron chi connectivity index (χ2n) is 6.64. The van der Waals surface area contributed by atoms with Gasteiger partial charge in [0.15, 0.2) is 0 Å². The Labute approximate surface area is 142 Å². The van der Waals surface area contributed by atoms with E-state index in [2.05, 4.69) is 29.4 Å². The Morgan fingerprint density at radius 1 is 1.22 bits per heavy atom. The highest BCUT2D eigenvalue weighted by Crippen LogP contribution is 2.31. The van der Waals surface area contributed by atoms with Crippen LogP contribution in [0.5, 0.6) is 0 Å². The SMILES string of the molecule is Cc1c(C)n(C[C@@H](O)CN2CCC(O)CC2)c2c(Cl)cccc12. The topological polar surface area (TPSA) is 48.6 Å². The van der Waals surface area contributed by atoms with Gasteiger partial charge in [0.2, 0.25) is 0 Å². The molecule has 0 spiro atoms. The fraction of sp³-hybridized carbons (Fsp3) is 0.556. The molecule has 0 saturated carbocycles. The lowest BCUT2D eigenvalue weighted by Crippen LogP contribution is -2.41. The number of likely N-dealkylation sites (tertiary alicyclic amines) is 1. The summed E-state index contributed by atoms with van der Waals surface area (Å²) in [5.41, 5.74) is 3.38. The molecule has 1 atom stereocenters. The predicted octanol–water partition coefficient (Wildman–Crippen LogP) is 2.73. The molecular weight excluding hydrogens is 312 g/mol. The molecule has 2 aromatic rings. The Hall–Kier alpha value is -1.07. The van der Waals surface area contributed by atoms with Crippen LogP contribution in [0, 0.1) is 13.8 Å². The first kappa shape index (κ1) is 16.8. The van der Waals surface area contributed by atoms with Crippen LogP contribution >= 0.6 is 11.6 Å². The van der Waals surface area contributed by atoms with Crippen molar-refractivity contribution >= 4 is 22.5 Å². The van der Waals surface area contributed by atoms with Gasteiger partial charge in [0.25, 0.3) is 0 Å². The average Bonchev–Trinajstić information content (AvgIpc) is 2.76. The van der Waals surface area contributed by atoms with Crippen molar-refractivity contribution in [1.82, 2.24) is 9.47 Å². The minimum atomic E-state index is -0.449. The molecule has 3 rings (SSSR count). The number of halogens is 1. The third kappa shape index (κ3) is 3.41. The second-order valence-corrected chi connectivity index (χ2v) is 7.05. The van der Waals surface area contributed by atoms with Crippen molar-refractivity contribution < 1.29 is 10.2 Å². The van der Waals surface area contributed by atoms with Gasteiger partial charge in [0.1, 0.15) is 0 Å². The Kier molecular flexibility index (Phi) is 4.97. The number of fused-ring (bicyclic) bond motifs is 1. The number of aliphatic hydroxyl groups excluding tert-OH is 2. The van der Waals surface area contributed by atoms with Crippen molar-refractivity contribution in [3.8, 4) is 0 Å². The molecule has 1 saturated heterocycles. The lowest BCUT2D eigenvalue weighted by atomic mass is 10.1. The van der Waals surface area contributed by atoms with Crippen molar-refractivity contribution in [3.63, 3.8) is 0 Å². The van der Waals surface area contributed by atoms with Crippen molar-refractivity contribution in [2.75, 3.05) is 19.6 Å². The summed E-state index contributed by atoms with van der Waals surface area (Å²) in [6, 6.07) is 5.95.